The largest absolute Gasteiger partial charge is 0.392 e. The fraction of sp³-hybridized carbons (Fsp3) is 0.538. The van der Waals surface area contributed by atoms with E-state index in [1.54, 1.807) is 11.8 Å². The van der Waals surface area contributed by atoms with Gasteiger partial charge in [0, 0.05) is 34.2 Å². The van der Waals surface area contributed by atoms with Crippen molar-refractivity contribution in [3.63, 3.8) is 0 Å². The summed E-state index contributed by atoms with van der Waals surface area (Å²) in [5, 5.41) is 9.56. The minimum atomic E-state index is -3.69. The van der Waals surface area contributed by atoms with Gasteiger partial charge in [-0.25, -0.2) is 8.42 Å². The molecule has 0 spiro atoms. The molecule has 0 aromatic heterocycles. The van der Waals surface area contributed by atoms with Crippen molar-refractivity contribution in [2.75, 3.05) is 18.8 Å². The minimum Gasteiger partial charge on any atom is -0.392 e. The number of sulfonamides is 1. The molecule has 1 aromatic carbocycles. The van der Waals surface area contributed by atoms with E-state index in [9.17, 15) is 13.5 Å². The molecule has 2 rings (SSSR count). The van der Waals surface area contributed by atoms with Crippen LogP contribution in [-0.2, 0) is 16.6 Å². The summed E-state index contributed by atoms with van der Waals surface area (Å²) < 4.78 is 26.9. The average molecular weight is 370 g/mol. The van der Waals surface area contributed by atoms with Crippen LogP contribution in [0.1, 0.15) is 19.4 Å². The lowest BCUT2D eigenvalue weighted by Gasteiger charge is -2.36. The maximum absolute atomic E-state index is 12.8. The summed E-state index contributed by atoms with van der Waals surface area (Å²) in [7, 11) is -3.69. The third-order valence-electron chi connectivity index (χ3n) is 3.32. The Morgan fingerprint density at radius 1 is 1.38 bits per heavy atom. The predicted molar refractivity (Wildman–Crippen MR) is 87.7 cm³/mol. The Balaban J connectivity index is 2.45. The van der Waals surface area contributed by atoms with Gasteiger partial charge in [-0.3, -0.25) is 0 Å². The number of nitrogens with zero attached hydrogens (tertiary/aromatic N) is 1. The van der Waals surface area contributed by atoms with Gasteiger partial charge in [0.05, 0.1) is 11.6 Å². The molecule has 0 atom stereocenters. The van der Waals surface area contributed by atoms with Gasteiger partial charge < -0.3 is 5.11 Å². The van der Waals surface area contributed by atoms with Gasteiger partial charge in [0.2, 0.25) is 10.0 Å². The first-order chi connectivity index (χ1) is 9.69. The quantitative estimate of drug-likeness (QED) is 0.889. The van der Waals surface area contributed by atoms with E-state index in [4.69, 9.17) is 23.2 Å². The first-order valence-corrected chi connectivity index (χ1v) is 9.59. The Morgan fingerprint density at radius 2 is 2.05 bits per heavy atom. The Labute approximate surface area is 139 Å². The van der Waals surface area contributed by atoms with Gasteiger partial charge in [-0.15, -0.1) is 0 Å². The van der Waals surface area contributed by atoms with Gasteiger partial charge in [-0.2, -0.15) is 16.1 Å². The average Bonchev–Trinajstić information content (AvgIpc) is 2.37. The van der Waals surface area contributed by atoms with Crippen LogP contribution in [0.25, 0.3) is 0 Å². The number of hydrogen-bond acceptors (Lipinski definition) is 4. The molecule has 1 aliphatic heterocycles. The van der Waals surface area contributed by atoms with E-state index in [0.29, 0.717) is 13.1 Å². The van der Waals surface area contributed by atoms with Crippen molar-refractivity contribution in [1.82, 2.24) is 4.31 Å². The Kier molecular flexibility index (Phi) is 5.18. The summed E-state index contributed by atoms with van der Waals surface area (Å²) in [5.74, 6) is 0.740. The number of hydrogen-bond donors (Lipinski definition) is 1. The Morgan fingerprint density at radius 3 is 2.62 bits per heavy atom. The zero-order valence-electron chi connectivity index (χ0n) is 11.8. The first-order valence-electron chi connectivity index (χ1n) is 6.41. The lowest BCUT2D eigenvalue weighted by atomic mass is 10.2. The third-order valence-corrected chi connectivity index (χ3v) is 7.40. The standard InChI is InChI=1S/C13H17Cl2NO3S2/c1-13(2)8-16(5-6-20-13)21(18,19)11-4-3-10(14)9(7-17)12(11)15/h3-4,17H,5-8H2,1-2H3. The molecule has 1 aliphatic rings. The molecule has 21 heavy (non-hydrogen) atoms. The van der Waals surface area contributed by atoms with E-state index in [-0.39, 0.29) is 25.3 Å². The van der Waals surface area contributed by atoms with Crippen LogP contribution < -0.4 is 0 Å². The molecule has 0 bridgehead atoms. The van der Waals surface area contributed by atoms with Crippen LogP contribution in [0.2, 0.25) is 10.0 Å². The molecule has 8 heteroatoms. The molecule has 1 fully saturated rings. The topological polar surface area (TPSA) is 57.6 Å². The van der Waals surface area contributed by atoms with E-state index >= 15 is 0 Å². The van der Waals surface area contributed by atoms with Crippen molar-refractivity contribution in [2.24, 2.45) is 0 Å². The zero-order valence-corrected chi connectivity index (χ0v) is 14.9. The summed E-state index contributed by atoms with van der Waals surface area (Å²) in [6.45, 7) is 4.50. The normalized spacial score (nSPS) is 19.7. The molecule has 0 radical (unpaired) electrons. The van der Waals surface area contributed by atoms with E-state index in [2.05, 4.69) is 0 Å². The van der Waals surface area contributed by atoms with Crippen molar-refractivity contribution in [3.05, 3.63) is 27.7 Å². The predicted octanol–water partition coefficient (Wildman–Crippen LogP) is 3.00. The fourth-order valence-corrected chi connectivity index (χ4v) is 6.02. The summed E-state index contributed by atoms with van der Waals surface area (Å²) >= 11 is 13.8. The molecule has 0 saturated carbocycles. The highest BCUT2D eigenvalue weighted by molar-refractivity contribution is 8.00. The van der Waals surface area contributed by atoms with E-state index < -0.39 is 16.6 Å². The van der Waals surface area contributed by atoms with Crippen LogP contribution in [0, 0.1) is 0 Å². The van der Waals surface area contributed by atoms with Crippen molar-refractivity contribution in [2.45, 2.75) is 30.1 Å². The second-order valence-corrected chi connectivity index (χ2v) is 9.94. The lowest BCUT2D eigenvalue weighted by molar-refractivity contribution is 0.281. The number of aliphatic hydroxyl groups excluding tert-OH is 1. The Bertz CT molecular complexity index is 647. The Hall–Kier alpha value is 0.0200. The number of aliphatic hydroxyl groups is 1. The maximum Gasteiger partial charge on any atom is 0.244 e. The highest BCUT2D eigenvalue weighted by atomic mass is 35.5. The second-order valence-electron chi connectivity index (χ2n) is 5.44. The van der Waals surface area contributed by atoms with Crippen molar-refractivity contribution in [3.8, 4) is 0 Å². The molecule has 1 aromatic rings. The molecule has 1 saturated heterocycles. The summed E-state index contributed by atoms with van der Waals surface area (Å²) in [5.41, 5.74) is 0.241. The van der Waals surface area contributed by atoms with Crippen molar-refractivity contribution in [1.29, 1.82) is 0 Å². The summed E-state index contributed by atoms with van der Waals surface area (Å²) in [6.07, 6.45) is 0. The molecule has 0 aliphatic carbocycles. The van der Waals surface area contributed by atoms with Crippen molar-refractivity contribution >= 4 is 45.0 Å². The van der Waals surface area contributed by atoms with Crippen LogP contribution in [-0.4, -0.2) is 41.4 Å². The first kappa shape index (κ1) is 17.4. The molecule has 0 unspecified atom stereocenters. The highest BCUT2D eigenvalue weighted by Gasteiger charge is 2.36. The van der Waals surface area contributed by atoms with Gasteiger partial charge >= 0.3 is 0 Å². The van der Waals surface area contributed by atoms with E-state index in [1.165, 1.54) is 16.4 Å². The molecular weight excluding hydrogens is 353 g/mol. The summed E-state index contributed by atoms with van der Waals surface area (Å²) in [6, 6.07) is 2.85. The highest BCUT2D eigenvalue weighted by Crippen LogP contribution is 2.36. The van der Waals surface area contributed by atoms with E-state index in [1.807, 2.05) is 13.8 Å². The van der Waals surface area contributed by atoms with Crippen LogP contribution in [0.15, 0.2) is 17.0 Å². The van der Waals surface area contributed by atoms with Crippen LogP contribution in [0.5, 0.6) is 0 Å². The molecular formula is C13H17Cl2NO3S2. The fourth-order valence-electron chi connectivity index (χ4n) is 2.24. The zero-order chi connectivity index (χ0) is 15.8. The van der Waals surface area contributed by atoms with Crippen molar-refractivity contribution < 1.29 is 13.5 Å². The van der Waals surface area contributed by atoms with Crippen LogP contribution in [0.4, 0.5) is 0 Å². The second kappa shape index (κ2) is 6.26. The number of benzene rings is 1. The molecule has 1 N–H and O–H groups in total. The van der Waals surface area contributed by atoms with Crippen LogP contribution >= 0.6 is 35.0 Å². The molecule has 4 nitrogen and oxygen atoms in total. The van der Waals surface area contributed by atoms with Gasteiger partial charge in [0.25, 0.3) is 0 Å². The van der Waals surface area contributed by atoms with Gasteiger partial charge in [0.1, 0.15) is 4.90 Å². The maximum atomic E-state index is 12.8. The summed E-state index contributed by atoms with van der Waals surface area (Å²) in [4.78, 5) is 0.000293. The van der Waals surface area contributed by atoms with Gasteiger partial charge in [-0.05, 0) is 26.0 Å². The lowest BCUT2D eigenvalue weighted by Crippen LogP contribution is -2.46. The monoisotopic (exact) mass is 369 g/mol. The van der Waals surface area contributed by atoms with Gasteiger partial charge in [0.15, 0.2) is 0 Å². The number of rotatable bonds is 3. The number of thioether (sulfide) groups is 1. The molecule has 0 amide bonds. The minimum absolute atomic E-state index is 0.000293. The number of halogens is 2. The SMILES string of the molecule is CC1(C)CN(S(=O)(=O)c2ccc(Cl)c(CO)c2Cl)CCS1. The van der Waals surface area contributed by atoms with Crippen LogP contribution in [0.3, 0.4) is 0 Å². The van der Waals surface area contributed by atoms with Gasteiger partial charge in [-0.1, -0.05) is 23.2 Å². The third kappa shape index (κ3) is 3.51. The van der Waals surface area contributed by atoms with E-state index in [0.717, 1.165) is 5.75 Å². The smallest absolute Gasteiger partial charge is 0.244 e. The molecule has 1 heterocycles. The molecule has 118 valence electrons.